The van der Waals surface area contributed by atoms with E-state index in [9.17, 15) is 4.39 Å². The summed E-state index contributed by atoms with van der Waals surface area (Å²) in [4.78, 5) is 2.20. The molecule has 1 heterocycles. The first kappa shape index (κ1) is 11.0. The second kappa shape index (κ2) is 4.60. The largest absolute Gasteiger partial charge is 0.494 e. The monoisotopic (exact) mass is 224 g/mol. The molecular weight excluding hydrogens is 207 g/mol. The van der Waals surface area contributed by atoms with Crippen molar-refractivity contribution in [2.45, 2.75) is 19.3 Å². The van der Waals surface area contributed by atoms with E-state index in [-0.39, 0.29) is 5.75 Å². The Bertz CT molecular complexity index is 376. The minimum Gasteiger partial charge on any atom is -0.494 e. The molecule has 0 aliphatic carbocycles. The number of anilines is 2. The molecule has 0 saturated carbocycles. The first-order valence-electron chi connectivity index (χ1n) is 5.60. The predicted octanol–water partition coefficient (Wildman–Crippen LogP) is 2.41. The van der Waals surface area contributed by atoms with Crippen molar-refractivity contribution in [3.05, 3.63) is 17.9 Å². The van der Waals surface area contributed by atoms with Gasteiger partial charge in [-0.2, -0.15) is 0 Å². The Balaban J connectivity index is 2.31. The molecule has 0 unspecified atom stereocenters. The second-order valence-corrected chi connectivity index (χ2v) is 4.09. The molecule has 1 aliphatic rings. The summed E-state index contributed by atoms with van der Waals surface area (Å²) in [6.45, 7) is 1.97. The van der Waals surface area contributed by atoms with E-state index in [1.54, 1.807) is 6.07 Å². The van der Waals surface area contributed by atoms with Crippen LogP contribution < -0.4 is 15.4 Å². The Kier molecular flexibility index (Phi) is 3.17. The van der Waals surface area contributed by atoms with Crippen LogP contribution in [0.1, 0.15) is 19.3 Å². The summed E-state index contributed by atoms with van der Waals surface area (Å²) in [5, 5.41) is 0. The Morgan fingerprint density at radius 2 is 1.94 bits per heavy atom. The highest BCUT2D eigenvalue weighted by atomic mass is 19.1. The van der Waals surface area contributed by atoms with Gasteiger partial charge in [-0.1, -0.05) is 0 Å². The standard InChI is InChI=1S/C12H17FN2O/c1-16-12-8-11(10(14)7-9(12)13)15-5-3-2-4-6-15/h7-8H,2-6,14H2,1H3. The summed E-state index contributed by atoms with van der Waals surface area (Å²) in [5.41, 5.74) is 7.21. The molecule has 1 fully saturated rings. The molecule has 0 spiro atoms. The van der Waals surface area contributed by atoms with Crippen LogP contribution in [0.3, 0.4) is 0 Å². The smallest absolute Gasteiger partial charge is 0.167 e. The molecule has 4 heteroatoms. The van der Waals surface area contributed by atoms with Crippen molar-refractivity contribution in [1.82, 2.24) is 0 Å². The van der Waals surface area contributed by atoms with Crippen LogP contribution in [-0.2, 0) is 0 Å². The first-order chi connectivity index (χ1) is 7.72. The normalized spacial score (nSPS) is 16.2. The molecule has 1 aromatic rings. The van der Waals surface area contributed by atoms with Crippen LogP contribution in [0.2, 0.25) is 0 Å². The highest BCUT2D eigenvalue weighted by Gasteiger charge is 2.16. The maximum absolute atomic E-state index is 13.4. The molecule has 0 atom stereocenters. The number of halogens is 1. The van der Waals surface area contributed by atoms with Crippen molar-refractivity contribution in [1.29, 1.82) is 0 Å². The number of hydrogen-bond acceptors (Lipinski definition) is 3. The lowest BCUT2D eigenvalue weighted by Crippen LogP contribution is -2.30. The quantitative estimate of drug-likeness (QED) is 0.784. The van der Waals surface area contributed by atoms with Gasteiger partial charge in [0.05, 0.1) is 18.5 Å². The van der Waals surface area contributed by atoms with Crippen LogP contribution in [-0.4, -0.2) is 20.2 Å². The summed E-state index contributed by atoms with van der Waals surface area (Å²) >= 11 is 0. The fourth-order valence-electron chi connectivity index (χ4n) is 2.12. The van der Waals surface area contributed by atoms with E-state index in [1.807, 2.05) is 0 Å². The van der Waals surface area contributed by atoms with E-state index in [2.05, 4.69) is 4.90 Å². The van der Waals surface area contributed by atoms with Crippen molar-refractivity contribution in [3.63, 3.8) is 0 Å². The third-order valence-corrected chi connectivity index (χ3v) is 3.00. The fraction of sp³-hybridized carbons (Fsp3) is 0.500. The van der Waals surface area contributed by atoms with Crippen LogP contribution in [0.25, 0.3) is 0 Å². The van der Waals surface area contributed by atoms with Gasteiger partial charge in [-0.05, 0) is 19.3 Å². The number of benzene rings is 1. The van der Waals surface area contributed by atoms with E-state index < -0.39 is 5.82 Å². The minimum atomic E-state index is -0.402. The molecule has 1 aliphatic heterocycles. The highest BCUT2D eigenvalue weighted by Crippen LogP contribution is 2.32. The van der Waals surface area contributed by atoms with Gasteiger partial charge in [-0.3, -0.25) is 0 Å². The van der Waals surface area contributed by atoms with Gasteiger partial charge in [0.15, 0.2) is 11.6 Å². The van der Waals surface area contributed by atoms with Gasteiger partial charge in [0.1, 0.15) is 0 Å². The van der Waals surface area contributed by atoms with Crippen molar-refractivity contribution in [3.8, 4) is 5.75 Å². The average molecular weight is 224 g/mol. The summed E-state index contributed by atoms with van der Waals surface area (Å²) in [6, 6.07) is 3.03. The van der Waals surface area contributed by atoms with Crippen LogP contribution >= 0.6 is 0 Å². The van der Waals surface area contributed by atoms with E-state index in [1.165, 1.54) is 32.4 Å². The Hall–Kier alpha value is -1.45. The van der Waals surface area contributed by atoms with Crippen molar-refractivity contribution < 1.29 is 9.13 Å². The number of rotatable bonds is 2. The third kappa shape index (κ3) is 2.05. The topological polar surface area (TPSA) is 38.5 Å². The lowest BCUT2D eigenvalue weighted by atomic mass is 10.1. The number of nitrogen functional groups attached to an aromatic ring is 1. The molecule has 1 aromatic carbocycles. The SMILES string of the molecule is COc1cc(N2CCCCC2)c(N)cc1F. The van der Waals surface area contributed by atoms with Crippen LogP contribution in [0.5, 0.6) is 5.75 Å². The predicted molar refractivity (Wildman–Crippen MR) is 63.4 cm³/mol. The summed E-state index contributed by atoms with van der Waals surface area (Å²) in [5.74, 6) is -0.143. The number of nitrogens with two attached hydrogens (primary N) is 1. The first-order valence-corrected chi connectivity index (χ1v) is 5.60. The van der Waals surface area contributed by atoms with Crippen LogP contribution in [0.15, 0.2) is 12.1 Å². The molecule has 2 N–H and O–H groups in total. The van der Waals surface area contributed by atoms with Crippen LogP contribution in [0.4, 0.5) is 15.8 Å². The minimum absolute atomic E-state index is 0.259. The van der Waals surface area contributed by atoms with Crippen LogP contribution in [0, 0.1) is 5.82 Å². The number of methoxy groups -OCH3 is 1. The number of hydrogen-bond donors (Lipinski definition) is 1. The van der Waals surface area contributed by atoms with Gasteiger partial charge < -0.3 is 15.4 Å². The molecule has 2 rings (SSSR count). The molecule has 1 saturated heterocycles. The van der Waals surface area contributed by atoms with Gasteiger partial charge >= 0.3 is 0 Å². The summed E-state index contributed by atoms with van der Waals surface area (Å²) < 4.78 is 18.3. The summed E-state index contributed by atoms with van der Waals surface area (Å²) in [6.07, 6.45) is 3.59. The Morgan fingerprint density at radius 1 is 1.25 bits per heavy atom. The molecule has 16 heavy (non-hydrogen) atoms. The molecule has 0 amide bonds. The molecule has 88 valence electrons. The van der Waals surface area contributed by atoms with E-state index in [0.29, 0.717) is 5.69 Å². The van der Waals surface area contributed by atoms with Gasteiger partial charge in [0.2, 0.25) is 0 Å². The second-order valence-electron chi connectivity index (χ2n) is 4.09. The van der Waals surface area contributed by atoms with Gasteiger partial charge in [-0.25, -0.2) is 4.39 Å². The van der Waals surface area contributed by atoms with Gasteiger partial charge in [-0.15, -0.1) is 0 Å². The zero-order valence-corrected chi connectivity index (χ0v) is 9.50. The van der Waals surface area contributed by atoms with Gasteiger partial charge in [0, 0.05) is 25.2 Å². The molecular formula is C12H17FN2O. The van der Waals surface area contributed by atoms with Crippen molar-refractivity contribution >= 4 is 11.4 Å². The molecule has 0 aromatic heterocycles. The zero-order chi connectivity index (χ0) is 11.5. The number of piperidine rings is 1. The molecule has 3 nitrogen and oxygen atoms in total. The Labute approximate surface area is 95.0 Å². The highest BCUT2D eigenvalue weighted by molar-refractivity contribution is 5.70. The molecule has 0 radical (unpaired) electrons. The average Bonchev–Trinajstić information content (AvgIpc) is 2.30. The zero-order valence-electron chi connectivity index (χ0n) is 9.50. The lowest BCUT2D eigenvalue weighted by Gasteiger charge is -2.30. The summed E-state index contributed by atoms with van der Waals surface area (Å²) in [7, 11) is 1.47. The van der Waals surface area contributed by atoms with E-state index >= 15 is 0 Å². The maximum atomic E-state index is 13.4. The van der Waals surface area contributed by atoms with Gasteiger partial charge in [0.25, 0.3) is 0 Å². The van der Waals surface area contributed by atoms with E-state index in [4.69, 9.17) is 10.5 Å². The lowest BCUT2D eigenvalue weighted by molar-refractivity contribution is 0.386. The Morgan fingerprint density at radius 3 is 2.56 bits per heavy atom. The maximum Gasteiger partial charge on any atom is 0.167 e. The number of nitrogens with zero attached hydrogens (tertiary/aromatic N) is 1. The molecule has 0 bridgehead atoms. The third-order valence-electron chi connectivity index (χ3n) is 3.00. The van der Waals surface area contributed by atoms with E-state index in [0.717, 1.165) is 18.8 Å². The van der Waals surface area contributed by atoms with Crippen molar-refractivity contribution in [2.24, 2.45) is 0 Å². The fourth-order valence-corrected chi connectivity index (χ4v) is 2.12. The van der Waals surface area contributed by atoms with Crippen molar-refractivity contribution in [2.75, 3.05) is 30.8 Å². The number of ether oxygens (including phenoxy) is 1.